The van der Waals surface area contributed by atoms with E-state index in [0.29, 0.717) is 27.5 Å². The van der Waals surface area contributed by atoms with E-state index < -0.39 is 10.0 Å². The van der Waals surface area contributed by atoms with Crippen LogP contribution in [-0.2, 0) is 10.0 Å². The van der Waals surface area contributed by atoms with Gasteiger partial charge < -0.3 is 0 Å². The van der Waals surface area contributed by atoms with E-state index in [0.717, 1.165) is 19.3 Å². The van der Waals surface area contributed by atoms with Crippen LogP contribution in [0.1, 0.15) is 33.1 Å². The number of benzene rings is 1. The van der Waals surface area contributed by atoms with Crippen LogP contribution < -0.4 is 0 Å². The molecular weight excluding hydrogens is 362 g/mol. The minimum Gasteiger partial charge on any atom is -0.207 e. The molecule has 2 rings (SSSR count). The van der Waals surface area contributed by atoms with E-state index in [-0.39, 0.29) is 5.41 Å². The fourth-order valence-corrected chi connectivity index (χ4v) is 4.58. The highest BCUT2D eigenvalue weighted by atomic mass is 79.9. The maximum atomic E-state index is 12.7. The van der Waals surface area contributed by atoms with Crippen LogP contribution in [-0.4, -0.2) is 25.8 Å². The first-order valence-electron chi connectivity index (χ1n) is 6.68. The van der Waals surface area contributed by atoms with Gasteiger partial charge in [0.25, 0.3) is 0 Å². The summed E-state index contributed by atoms with van der Waals surface area (Å²) in [5.41, 5.74) is 0.213. The second-order valence-electron chi connectivity index (χ2n) is 6.00. The number of hydrogen-bond acceptors (Lipinski definition) is 2. The Morgan fingerprint density at radius 3 is 2.60 bits per heavy atom. The highest BCUT2D eigenvalue weighted by molar-refractivity contribution is 9.10. The Kier molecular flexibility index (Phi) is 4.84. The summed E-state index contributed by atoms with van der Waals surface area (Å²) in [6, 6.07) is 4.76. The summed E-state index contributed by atoms with van der Waals surface area (Å²) in [6.45, 7) is 5.56. The number of halogens is 2. The van der Waals surface area contributed by atoms with Crippen molar-refractivity contribution in [3.8, 4) is 0 Å². The lowest BCUT2D eigenvalue weighted by Gasteiger charge is -2.23. The van der Waals surface area contributed by atoms with Crippen LogP contribution in [0.5, 0.6) is 0 Å². The maximum absolute atomic E-state index is 12.7. The molecule has 1 aromatic carbocycles. The summed E-state index contributed by atoms with van der Waals surface area (Å²) in [7, 11) is -3.43. The first-order chi connectivity index (χ1) is 9.22. The van der Waals surface area contributed by atoms with Gasteiger partial charge in [0, 0.05) is 17.6 Å². The molecule has 0 radical (unpaired) electrons. The average Bonchev–Trinajstić information content (AvgIpc) is 2.54. The van der Waals surface area contributed by atoms with Gasteiger partial charge in [-0.15, -0.1) is 0 Å². The highest BCUT2D eigenvalue weighted by Crippen LogP contribution is 2.33. The zero-order chi connectivity index (χ0) is 15.0. The van der Waals surface area contributed by atoms with Gasteiger partial charge in [-0.05, 0) is 58.8 Å². The van der Waals surface area contributed by atoms with Crippen molar-refractivity contribution in [2.24, 2.45) is 5.41 Å². The Labute approximate surface area is 134 Å². The molecule has 1 aliphatic rings. The van der Waals surface area contributed by atoms with Crippen LogP contribution in [0.2, 0.25) is 5.02 Å². The van der Waals surface area contributed by atoms with E-state index in [1.54, 1.807) is 22.5 Å². The molecule has 0 N–H and O–H groups in total. The molecule has 0 amide bonds. The molecule has 0 bridgehead atoms. The molecule has 0 saturated carbocycles. The lowest BCUT2D eigenvalue weighted by Crippen LogP contribution is -2.32. The molecular formula is C14H19BrClNO2S. The van der Waals surface area contributed by atoms with E-state index in [2.05, 4.69) is 29.8 Å². The van der Waals surface area contributed by atoms with Gasteiger partial charge in [-0.1, -0.05) is 25.4 Å². The van der Waals surface area contributed by atoms with Crippen molar-refractivity contribution in [3.05, 3.63) is 27.7 Å². The van der Waals surface area contributed by atoms with Gasteiger partial charge in [0.1, 0.15) is 0 Å². The van der Waals surface area contributed by atoms with Crippen LogP contribution in [0.15, 0.2) is 27.6 Å². The van der Waals surface area contributed by atoms with Crippen molar-refractivity contribution < 1.29 is 8.42 Å². The molecule has 0 aliphatic carbocycles. The minimum atomic E-state index is -3.43. The Morgan fingerprint density at radius 1 is 1.25 bits per heavy atom. The smallest absolute Gasteiger partial charge is 0.207 e. The van der Waals surface area contributed by atoms with E-state index in [9.17, 15) is 8.42 Å². The van der Waals surface area contributed by atoms with Gasteiger partial charge in [-0.3, -0.25) is 0 Å². The third-order valence-corrected chi connectivity index (χ3v) is 6.94. The van der Waals surface area contributed by atoms with Crippen molar-refractivity contribution in [2.45, 2.75) is 38.0 Å². The normalized spacial score (nSPS) is 20.6. The third kappa shape index (κ3) is 3.56. The molecule has 1 heterocycles. The Hall–Kier alpha value is -0.100. The molecule has 6 heteroatoms. The molecule has 1 aliphatic heterocycles. The van der Waals surface area contributed by atoms with Gasteiger partial charge >= 0.3 is 0 Å². The monoisotopic (exact) mass is 379 g/mol. The van der Waals surface area contributed by atoms with Gasteiger partial charge in [-0.25, -0.2) is 8.42 Å². The van der Waals surface area contributed by atoms with E-state index in [1.165, 1.54) is 0 Å². The fourth-order valence-electron chi connectivity index (χ4n) is 2.42. The number of rotatable bonds is 2. The highest BCUT2D eigenvalue weighted by Gasteiger charge is 2.30. The number of hydrogen-bond donors (Lipinski definition) is 0. The van der Waals surface area contributed by atoms with E-state index in [1.807, 2.05) is 0 Å². The topological polar surface area (TPSA) is 37.4 Å². The first-order valence-corrected chi connectivity index (χ1v) is 9.29. The van der Waals surface area contributed by atoms with Gasteiger partial charge in [0.05, 0.1) is 9.92 Å². The maximum Gasteiger partial charge on any atom is 0.243 e. The van der Waals surface area contributed by atoms with Crippen LogP contribution in [0.3, 0.4) is 0 Å². The van der Waals surface area contributed by atoms with Gasteiger partial charge in [0.15, 0.2) is 0 Å². The first kappa shape index (κ1) is 16.3. The summed E-state index contributed by atoms with van der Waals surface area (Å²) in [5.74, 6) is 0. The van der Waals surface area contributed by atoms with Crippen molar-refractivity contribution in [3.63, 3.8) is 0 Å². The van der Waals surface area contributed by atoms with Crippen molar-refractivity contribution in [1.29, 1.82) is 0 Å². The Balaban J connectivity index is 2.28. The van der Waals surface area contributed by atoms with E-state index in [4.69, 9.17) is 11.6 Å². The van der Waals surface area contributed by atoms with Crippen molar-refractivity contribution in [1.82, 2.24) is 4.31 Å². The molecule has 1 fully saturated rings. The summed E-state index contributed by atoms with van der Waals surface area (Å²) in [6.07, 6.45) is 2.85. The predicted molar refractivity (Wildman–Crippen MR) is 85.5 cm³/mol. The second kappa shape index (κ2) is 5.95. The standard InChI is InChI=1S/C14H19BrClNO2S/c1-14(2)6-3-8-17(9-7-14)20(18,19)11-4-5-13(16)12(15)10-11/h4-5,10H,3,6-9H2,1-2H3. The zero-order valence-electron chi connectivity index (χ0n) is 11.7. The molecule has 0 atom stereocenters. The van der Waals surface area contributed by atoms with Crippen LogP contribution in [0.4, 0.5) is 0 Å². The Bertz CT molecular complexity index is 601. The molecule has 1 aromatic rings. The minimum absolute atomic E-state index is 0.213. The van der Waals surface area contributed by atoms with Crippen molar-refractivity contribution >= 4 is 37.6 Å². The van der Waals surface area contributed by atoms with Crippen LogP contribution in [0.25, 0.3) is 0 Å². The SMILES string of the molecule is CC1(C)CCCN(S(=O)(=O)c2ccc(Cl)c(Br)c2)CC1. The fraction of sp³-hybridized carbons (Fsp3) is 0.571. The molecule has 1 saturated heterocycles. The lowest BCUT2D eigenvalue weighted by atomic mass is 9.85. The van der Waals surface area contributed by atoms with E-state index >= 15 is 0 Å². The summed E-state index contributed by atoms with van der Waals surface area (Å²) >= 11 is 9.21. The molecule has 0 spiro atoms. The third-order valence-electron chi connectivity index (χ3n) is 3.83. The molecule has 0 unspecified atom stereocenters. The number of nitrogens with zero attached hydrogens (tertiary/aromatic N) is 1. The summed E-state index contributed by atoms with van der Waals surface area (Å²) in [4.78, 5) is 0.300. The summed E-state index contributed by atoms with van der Waals surface area (Å²) < 4.78 is 27.6. The largest absolute Gasteiger partial charge is 0.243 e. The molecule has 112 valence electrons. The molecule has 0 aromatic heterocycles. The average molecular weight is 381 g/mol. The molecule has 3 nitrogen and oxygen atoms in total. The quantitative estimate of drug-likeness (QED) is 0.767. The van der Waals surface area contributed by atoms with Gasteiger partial charge in [-0.2, -0.15) is 4.31 Å². The van der Waals surface area contributed by atoms with Gasteiger partial charge in [0.2, 0.25) is 10.0 Å². The van der Waals surface area contributed by atoms with Crippen molar-refractivity contribution in [2.75, 3.05) is 13.1 Å². The lowest BCUT2D eigenvalue weighted by molar-refractivity contribution is 0.315. The Morgan fingerprint density at radius 2 is 1.95 bits per heavy atom. The second-order valence-corrected chi connectivity index (χ2v) is 9.20. The predicted octanol–water partition coefficient (Wildman–Crippen LogP) is 4.30. The molecule has 20 heavy (non-hydrogen) atoms. The van der Waals surface area contributed by atoms with Crippen LogP contribution in [0, 0.1) is 5.41 Å². The summed E-state index contributed by atoms with van der Waals surface area (Å²) in [5, 5.41) is 0.515. The zero-order valence-corrected chi connectivity index (χ0v) is 14.9. The van der Waals surface area contributed by atoms with Crippen LogP contribution >= 0.6 is 27.5 Å². The number of sulfonamides is 1.